The largest absolute Gasteiger partial charge is 0.311 e. The summed E-state index contributed by atoms with van der Waals surface area (Å²) in [5, 5.41) is 11.3. The van der Waals surface area contributed by atoms with Gasteiger partial charge in [0, 0.05) is 13.1 Å². The Hall–Kier alpha value is -1.54. The van der Waals surface area contributed by atoms with Crippen molar-refractivity contribution in [2.75, 3.05) is 6.54 Å². The first kappa shape index (κ1) is 12.5. The molecular weight excluding hydrogens is 217 g/mol. The van der Waals surface area contributed by atoms with E-state index >= 15 is 0 Å². The molecule has 86 valence electrons. The van der Waals surface area contributed by atoms with Gasteiger partial charge in [0.05, 0.1) is 12.0 Å². The molecule has 0 amide bonds. The summed E-state index contributed by atoms with van der Waals surface area (Å²) >= 11 is 0. The molecule has 1 atom stereocenters. The number of hydrogen-bond acceptors (Lipinski definition) is 2. The number of halogens is 3. The molecule has 0 saturated heterocycles. The minimum atomic E-state index is -1.46. The third-order valence-corrected chi connectivity index (χ3v) is 2.04. The molecule has 1 rings (SSSR count). The van der Waals surface area contributed by atoms with Crippen LogP contribution in [0.3, 0.4) is 0 Å². The summed E-state index contributed by atoms with van der Waals surface area (Å²) in [4.78, 5) is 0. The van der Waals surface area contributed by atoms with Gasteiger partial charge in [-0.05, 0) is 24.6 Å². The summed E-state index contributed by atoms with van der Waals surface area (Å²) in [6, 6.07) is 3.88. The van der Waals surface area contributed by atoms with Gasteiger partial charge in [0.25, 0.3) is 0 Å². The van der Waals surface area contributed by atoms with Gasteiger partial charge in [-0.3, -0.25) is 0 Å². The standard InChI is InChI=1S/C11H11F3N2/c1-7(4-15)5-16-6-8-2-9(12)11(14)10(13)3-8/h2-3,7,16H,5-6H2,1H3. The molecule has 0 heterocycles. The second-order valence-corrected chi connectivity index (χ2v) is 3.53. The molecule has 0 fully saturated rings. The van der Waals surface area contributed by atoms with Gasteiger partial charge in [0.15, 0.2) is 17.5 Å². The lowest BCUT2D eigenvalue weighted by Crippen LogP contribution is -2.20. The first-order valence-electron chi connectivity index (χ1n) is 4.78. The van der Waals surface area contributed by atoms with E-state index in [0.717, 1.165) is 12.1 Å². The molecule has 16 heavy (non-hydrogen) atoms. The molecule has 0 aromatic heterocycles. The Balaban J connectivity index is 2.59. The van der Waals surface area contributed by atoms with Crippen molar-refractivity contribution in [1.29, 1.82) is 5.26 Å². The van der Waals surface area contributed by atoms with Gasteiger partial charge in [-0.15, -0.1) is 0 Å². The second kappa shape index (κ2) is 5.52. The van der Waals surface area contributed by atoms with Gasteiger partial charge in [0.2, 0.25) is 0 Å². The highest BCUT2D eigenvalue weighted by molar-refractivity contribution is 5.19. The zero-order valence-corrected chi connectivity index (χ0v) is 8.73. The molecule has 1 N–H and O–H groups in total. The summed E-state index contributed by atoms with van der Waals surface area (Å²) in [5.41, 5.74) is 0.307. The van der Waals surface area contributed by atoms with Crippen LogP contribution in [0.5, 0.6) is 0 Å². The van der Waals surface area contributed by atoms with Crippen LogP contribution in [0.4, 0.5) is 13.2 Å². The monoisotopic (exact) mass is 228 g/mol. The fourth-order valence-electron chi connectivity index (χ4n) is 1.19. The molecule has 1 aromatic rings. The zero-order valence-electron chi connectivity index (χ0n) is 8.73. The molecule has 0 aliphatic carbocycles. The highest BCUT2D eigenvalue weighted by atomic mass is 19.2. The first-order chi connectivity index (χ1) is 7.54. The minimum absolute atomic E-state index is 0.185. The predicted molar refractivity (Wildman–Crippen MR) is 52.8 cm³/mol. The van der Waals surface area contributed by atoms with Crippen LogP contribution in [-0.4, -0.2) is 6.54 Å². The van der Waals surface area contributed by atoms with Crippen molar-refractivity contribution in [3.8, 4) is 6.07 Å². The molecule has 0 bridgehead atoms. The third kappa shape index (κ3) is 3.24. The zero-order chi connectivity index (χ0) is 12.1. The van der Waals surface area contributed by atoms with Crippen molar-refractivity contribution in [1.82, 2.24) is 5.32 Å². The average molecular weight is 228 g/mol. The van der Waals surface area contributed by atoms with E-state index in [1.54, 1.807) is 6.92 Å². The lowest BCUT2D eigenvalue weighted by Gasteiger charge is -2.06. The number of benzene rings is 1. The second-order valence-electron chi connectivity index (χ2n) is 3.53. The summed E-state index contributed by atoms with van der Waals surface area (Å²) in [5.74, 6) is -4.06. The van der Waals surface area contributed by atoms with Crippen LogP contribution < -0.4 is 5.32 Å². The quantitative estimate of drug-likeness (QED) is 0.803. The smallest absolute Gasteiger partial charge is 0.194 e. The molecule has 2 nitrogen and oxygen atoms in total. The van der Waals surface area contributed by atoms with Crippen molar-refractivity contribution < 1.29 is 13.2 Å². The van der Waals surface area contributed by atoms with E-state index in [9.17, 15) is 13.2 Å². The molecule has 0 aliphatic rings. The Kier molecular flexibility index (Phi) is 4.32. The van der Waals surface area contributed by atoms with E-state index in [2.05, 4.69) is 5.32 Å². The lowest BCUT2D eigenvalue weighted by molar-refractivity contribution is 0.444. The number of hydrogen-bond donors (Lipinski definition) is 1. The van der Waals surface area contributed by atoms with Gasteiger partial charge >= 0.3 is 0 Å². The Morgan fingerprint density at radius 1 is 1.31 bits per heavy atom. The molecule has 0 saturated carbocycles. The van der Waals surface area contributed by atoms with Gasteiger partial charge in [0.1, 0.15) is 0 Å². The van der Waals surface area contributed by atoms with E-state index in [0.29, 0.717) is 12.1 Å². The average Bonchev–Trinajstić information content (AvgIpc) is 2.25. The minimum Gasteiger partial charge on any atom is -0.311 e. The Morgan fingerprint density at radius 3 is 2.38 bits per heavy atom. The Labute approximate surface area is 91.7 Å². The van der Waals surface area contributed by atoms with E-state index in [-0.39, 0.29) is 12.5 Å². The summed E-state index contributed by atoms with van der Waals surface area (Å²) in [7, 11) is 0. The third-order valence-electron chi connectivity index (χ3n) is 2.04. The topological polar surface area (TPSA) is 35.8 Å². The van der Waals surface area contributed by atoms with E-state index in [1.165, 1.54) is 0 Å². The van der Waals surface area contributed by atoms with Crippen LogP contribution >= 0.6 is 0 Å². The van der Waals surface area contributed by atoms with Crippen LogP contribution in [0, 0.1) is 34.7 Å². The maximum absolute atomic E-state index is 12.8. The summed E-state index contributed by atoms with van der Waals surface area (Å²) in [6.45, 7) is 2.33. The van der Waals surface area contributed by atoms with E-state index < -0.39 is 17.5 Å². The number of nitriles is 1. The fraction of sp³-hybridized carbons (Fsp3) is 0.364. The normalized spacial score (nSPS) is 12.2. The van der Waals surface area contributed by atoms with Crippen LogP contribution in [0.15, 0.2) is 12.1 Å². The highest BCUT2D eigenvalue weighted by Crippen LogP contribution is 2.13. The van der Waals surface area contributed by atoms with E-state index in [1.807, 2.05) is 6.07 Å². The summed E-state index contributed by atoms with van der Waals surface area (Å²) < 4.78 is 38.2. The SMILES string of the molecule is CC(C#N)CNCc1cc(F)c(F)c(F)c1. The van der Waals surface area contributed by atoms with Crippen molar-refractivity contribution in [3.05, 3.63) is 35.1 Å². The molecular formula is C11H11F3N2. The van der Waals surface area contributed by atoms with Crippen molar-refractivity contribution >= 4 is 0 Å². The van der Waals surface area contributed by atoms with Crippen LogP contribution in [0.2, 0.25) is 0 Å². The molecule has 1 aromatic carbocycles. The number of nitrogens with one attached hydrogen (secondary N) is 1. The maximum atomic E-state index is 12.8. The van der Waals surface area contributed by atoms with Gasteiger partial charge in [-0.25, -0.2) is 13.2 Å². The van der Waals surface area contributed by atoms with Gasteiger partial charge < -0.3 is 5.32 Å². The molecule has 5 heteroatoms. The van der Waals surface area contributed by atoms with Crippen molar-refractivity contribution in [2.45, 2.75) is 13.5 Å². The predicted octanol–water partition coefficient (Wildman–Crippen LogP) is 2.35. The van der Waals surface area contributed by atoms with E-state index in [4.69, 9.17) is 5.26 Å². The molecule has 0 aliphatic heterocycles. The fourth-order valence-corrected chi connectivity index (χ4v) is 1.19. The Morgan fingerprint density at radius 2 is 1.88 bits per heavy atom. The van der Waals surface area contributed by atoms with Crippen LogP contribution in [0.25, 0.3) is 0 Å². The lowest BCUT2D eigenvalue weighted by atomic mass is 10.2. The summed E-state index contributed by atoms with van der Waals surface area (Å²) in [6.07, 6.45) is 0. The molecule has 0 radical (unpaired) electrons. The van der Waals surface area contributed by atoms with Crippen molar-refractivity contribution in [2.24, 2.45) is 5.92 Å². The van der Waals surface area contributed by atoms with Gasteiger partial charge in [-0.1, -0.05) is 0 Å². The maximum Gasteiger partial charge on any atom is 0.194 e. The van der Waals surface area contributed by atoms with Gasteiger partial charge in [-0.2, -0.15) is 5.26 Å². The first-order valence-corrected chi connectivity index (χ1v) is 4.78. The molecule has 0 spiro atoms. The van der Waals surface area contributed by atoms with Crippen LogP contribution in [-0.2, 0) is 6.54 Å². The Bertz CT molecular complexity index is 389. The van der Waals surface area contributed by atoms with Crippen LogP contribution in [0.1, 0.15) is 12.5 Å². The number of nitrogens with zero attached hydrogens (tertiary/aromatic N) is 1. The molecule has 1 unspecified atom stereocenters. The highest BCUT2D eigenvalue weighted by Gasteiger charge is 2.10. The van der Waals surface area contributed by atoms with Crippen molar-refractivity contribution in [3.63, 3.8) is 0 Å². The number of rotatable bonds is 4.